The number of carbonyl (C=O) groups excluding carboxylic acids is 3. The van der Waals surface area contributed by atoms with Gasteiger partial charge in [-0.15, -0.1) is 0 Å². The zero-order chi connectivity index (χ0) is 77.7. The largest absolute Gasteiger partial charge is 0.508 e. The third-order valence-electron chi connectivity index (χ3n) is 15.1. The zero-order valence-electron chi connectivity index (χ0n) is 54.8. The minimum atomic E-state index is -1.24. The molecule has 12 rings (SSSR count). The summed E-state index contributed by atoms with van der Waals surface area (Å²) in [6.07, 6.45) is -1.53. The number of phenols is 6. The summed E-state index contributed by atoms with van der Waals surface area (Å²) < 4.78 is 27.2. The molecule has 12 aromatic rings. The van der Waals surface area contributed by atoms with Crippen LogP contribution in [0.15, 0.2) is 195 Å². The second kappa shape index (κ2) is 33.0. The summed E-state index contributed by atoms with van der Waals surface area (Å²) in [4.78, 5) is 127. The van der Waals surface area contributed by atoms with Gasteiger partial charge in [0.25, 0.3) is 0 Å². The molecule has 17 N–H and O–H groups in total. The van der Waals surface area contributed by atoms with Gasteiger partial charge in [0.05, 0.1) is 35.4 Å². The van der Waals surface area contributed by atoms with Gasteiger partial charge in [-0.1, -0.05) is 30.3 Å². The highest BCUT2D eigenvalue weighted by atomic mass is 16.5. The lowest BCUT2D eigenvalue weighted by molar-refractivity contribution is -0.139. The van der Waals surface area contributed by atoms with E-state index < -0.39 is 116 Å². The van der Waals surface area contributed by atoms with Crippen LogP contribution in [0.4, 0.5) is 17.1 Å². The van der Waals surface area contributed by atoms with Crippen molar-refractivity contribution in [2.75, 3.05) is 22.6 Å². The van der Waals surface area contributed by atoms with E-state index in [0.717, 1.165) is 24.3 Å². The Balaban J connectivity index is 0.000000165. The van der Waals surface area contributed by atoms with Crippen LogP contribution in [0.2, 0.25) is 0 Å². The molecular weight excluding hydrogens is 1410 g/mol. The number of nitrogens with one attached hydrogen (secondary N) is 3. The maximum Gasteiger partial charge on any atom is 0.341 e. The average Bonchev–Trinajstić information content (AvgIpc) is 0.965. The minimum absolute atomic E-state index is 0.000264. The lowest BCUT2D eigenvalue weighted by atomic mass is 10.1. The topological polar surface area (TPSA) is 569 Å². The monoisotopic (exact) mass is 1470 g/mol. The molecule has 548 valence electrons. The Morgan fingerprint density at radius 3 is 1.03 bits per heavy atom. The van der Waals surface area contributed by atoms with Gasteiger partial charge in [0.2, 0.25) is 62.4 Å². The van der Waals surface area contributed by atoms with Crippen LogP contribution in [-0.4, -0.2) is 120 Å². The highest BCUT2D eigenvalue weighted by Crippen LogP contribution is 2.40. The van der Waals surface area contributed by atoms with Crippen LogP contribution in [0.25, 0.3) is 89.2 Å². The summed E-state index contributed by atoms with van der Waals surface area (Å²) >= 11 is 0. The Kier molecular flexibility index (Phi) is 23.4. The first kappa shape index (κ1) is 75.9. The quantitative estimate of drug-likeness (QED) is 0.0335. The molecule has 8 aromatic carbocycles. The standard InChI is InChI=1S/C19H15NO8.C19H15NO7.C19H15NO6.C17H12O9/c21-12-3-1-9(7-13(12)22)19-18(27)17(26)11-8-10(2-4-14(11)28-19)20-15(23)5-6-16(24)25;21-12-4-1-10(2-5-12)19-18(26)17(25)13-9-11(3-6-14(13)27-19)20-15(22)7-8-16(23)24;21-15(8-9-16(22)23)20-12-6-7-14-13(10-12)17(24)18(25)19(26-14)11-4-2-1-3-5-11;18-9-2-1-7(3-10(9)19)17-16(24)15(23)14-11(20)4-8(5-12(14)26-17)25-6-13(21)22/h1-4,7-8,21-22,27H,5-6H2,(H,20,23)(H,24,25);1-6,9,21,26H,7-8H2,(H,20,22)(H,23,24);1-7,10,25H,8-9H2,(H,20,21)(H,22,23);1-5,18-20,24H,6H2,(H,21,22). The van der Waals surface area contributed by atoms with Crippen molar-refractivity contribution in [1.29, 1.82) is 0 Å². The number of hydrogen-bond donors (Lipinski definition) is 17. The van der Waals surface area contributed by atoms with Crippen LogP contribution in [0, 0.1) is 0 Å². The number of carboxylic acid groups (broad SMARTS) is 4. The summed E-state index contributed by atoms with van der Waals surface area (Å²) in [6.45, 7) is -0.675. The van der Waals surface area contributed by atoms with Gasteiger partial charge in [0.1, 0.15) is 45.0 Å². The fourth-order valence-corrected chi connectivity index (χ4v) is 9.93. The van der Waals surface area contributed by atoms with Crippen LogP contribution in [0.3, 0.4) is 0 Å². The number of rotatable bonds is 19. The Hall–Kier alpha value is -15.3. The van der Waals surface area contributed by atoms with Crippen LogP contribution in [0.1, 0.15) is 38.5 Å². The van der Waals surface area contributed by atoms with E-state index in [2.05, 4.69) is 16.0 Å². The van der Waals surface area contributed by atoms with Crippen LogP contribution in [0.5, 0.6) is 63.2 Å². The van der Waals surface area contributed by atoms with E-state index >= 15 is 0 Å². The second-order valence-electron chi connectivity index (χ2n) is 22.7. The maximum absolute atomic E-state index is 12.5. The van der Waals surface area contributed by atoms with Gasteiger partial charge in [0.15, 0.2) is 52.6 Å². The maximum atomic E-state index is 12.5. The number of phenolic OH excluding ortho intramolecular Hbond substituents is 6. The fraction of sp³-hybridized carbons (Fsp3) is 0.0946. The molecule has 4 heterocycles. The summed E-state index contributed by atoms with van der Waals surface area (Å²) in [6, 6.07) is 36.8. The van der Waals surface area contributed by atoms with Crippen molar-refractivity contribution in [1.82, 2.24) is 0 Å². The molecule has 0 atom stereocenters. The van der Waals surface area contributed by atoms with E-state index in [1.54, 1.807) is 30.3 Å². The summed E-state index contributed by atoms with van der Waals surface area (Å²) in [5.41, 5.74) is -0.506. The number of carbonyl (C=O) groups is 7. The Morgan fingerprint density at radius 2 is 0.664 bits per heavy atom. The molecule has 0 bridgehead atoms. The molecular formula is C74H57N3O30. The van der Waals surface area contributed by atoms with Crippen LogP contribution >= 0.6 is 0 Å². The van der Waals surface area contributed by atoms with Gasteiger partial charge in [-0.25, -0.2) is 4.79 Å². The molecule has 0 radical (unpaired) electrons. The van der Waals surface area contributed by atoms with Gasteiger partial charge in [-0.2, -0.15) is 0 Å². The fourth-order valence-electron chi connectivity index (χ4n) is 9.93. The number of benzene rings is 8. The molecule has 33 heteroatoms. The molecule has 0 saturated carbocycles. The smallest absolute Gasteiger partial charge is 0.341 e. The molecule has 0 spiro atoms. The van der Waals surface area contributed by atoms with Crippen molar-refractivity contribution in [2.45, 2.75) is 38.5 Å². The molecule has 33 nitrogen and oxygen atoms in total. The molecule has 0 saturated heterocycles. The summed E-state index contributed by atoms with van der Waals surface area (Å²) in [5, 5.41) is 140. The lowest BCUT2D eigenvalue weighted by Crippen LogP contribution is -2.13. The van der Waals surface area contributed by atoms with E-state index in [4.69, 9.17) is 42.8 Å². The Morgan fingerprint density at radius 1 is 0.318 bits per heavy atom. The highest BCUT2D eigenvalue weighted by Gasteiger charge is 2.24. The summed E-state index contributed by atoms with van der Waals surface area (Å²) in [7, 11) is 0. The van der Waals surface area contributed by atoms with E-state index in [0.29, 0.717) is 16.8 Å². The predicted octanol–water partition coefficient (Wildman–Crippen LogP) is 9.77. The first-order valence-corrected chi connectivity index (χ1v) is 31.1. The third-order valence-corrected chi connectivity index (χ3v) is 15.1. The minimum Gasteiger partial charge on any atom is -0.508 e. The molecule has 0 aliphatic heterocycles. The number of ether oxygens (including phenoxy) is 1. The normalized spacial score (nSPS) is 10.7. The van der Waals surface area contributed by atoms with Crippen molar-refractivity contribution < 1.29 is 127 Å². The summed E-state index contributed by atoms with van der Waals surface area (Å²) in [5.74, 6) is -11.4. The average molecular weight is 1470 g/mol. The van der Waals surface area contributed by atoms with Gasteiger partial charge in [0, 0.05) is 70.7 Å². The number of fused-ring (bicyclic) bond motifs is 4. The second-order valence-corrected chi connectivity index (χ2v) is 22.7. The zero-order valence-corrected chi connectivity index (χ0v) is 54.8. The molecule has 0 aliphatic rings. The number of anilines is 3. The van der Waals surface area contributed by atoms with Gasteiger partial charge < -0.3 is 110 Å². The first-order chi connectivity index (χ1) is 50.8. The molecule has 0 unspecified atom stereocenters. The van der Waals surface area contributed by atoms with E-state index in [1.807, 2.05) is 0 Å². The molecule has 3 amide bonds. The van der Waals surface area contributed by atoms with Crippen molar-refractivity contribution in [2.24, 2.45) is 0 Å². The van der Waals surface area contributed by atoms with Crippen LogP contribution in [-0.2, 0) is 33.6 Å². The molecule has 0 aliphatic carbocycles. The van der Waals surface area contributed by atoms with Crippen LogP contribution < -0.4 is 42.4 Å². The van der Waals surface area contributed by atoms with Crippen molar-refractivity contribution >= 4 is 103 Å². The van der Waals surface area contributed by atoms with Gasteiger partial charge in [-0.05, 0) is 115 Å². The highest BCUT2D eigenvalue weighted by molar-refractivity contribution is 5.98. The van der Waals surface area contributed by atoms with Crippen molar-refractivity contribution in [3.63, 3.8) is 0 Å². The number of aliphatic carboxylic acids is 4. The number of hydrogen-bond acceptors (Lipinski definition) is 26. The number of amides is 3. The molecule has 4 aromatic heterocycles. The van der Waals surface area contributed by atoms with E-state index in [9.17, 15) is 104 Å². The molecule has 0 fully saturated rings. The third kappa shape index (κ3) is 18.6. The molecule has 107 heavy (non-hydrogen) atoms. The van der Waals surface area contributed by atoms with Gasteiger partial charge in [-0.3, -0.25) is 47.9 Å². The van der Waals surface area contributed by atoms with Crippen molar-refractivity contribution in [3.05, 3.63) is 199 Å². The number of carboxylic acids is 4. The first-order valence-electron chi connectivity index (χ1n) is 31.1. The number of aromatic hydroxyl groups is 10. The Bertz CT molecular complexity index is 5760. The van der Waals surface area contributed by atoms with Gasteiger partial charge >= 0.3 is 23.9 Å². The van der Waals surface area contributed by atoms with E-state index in [-0.39, 0.29) is 145 Å². The van der Waals surface area contributed by atoms with E-state index in [1.165, 1.54) is 103 Å². The predicted molar refractivity (Wildman–Crippen MR) is 378 cm³/mol. The lowest BCUT2D eigenvalue weighted by Gasteiger charge is -2.10. The SMILES string of the molecule is O=C(O)CCC(=O)Nc1ccc2oc(-c3ccc(O)c(O)c3)c(O)c(=O)c2c1.O=C(O)CCC(=O)Nc1ccc2oc(-c3ccc(O)cc3)c(O)c(=O)c2c1.O=C(O)CCC(=O)Nc1ccc2oc(-c3ccccc3)c(O)c(=O)c2c1.O=C(O)COc1cc(O)c2c(=O)c(O)c(-c3ccc(O)c(O)c3)oc2c1. The Labute approximate surface area is 596 Å². The van der Waals surface area contributed by atoms with Crippen molar-refractivity contribution in [3.8, 4) is 109 Å².